The lowest BCUT2D eigenvalue weighted by molar-refractivity contribution is 0.104. The summed E-state index contributed by atoms with van der Waals surface area (Å²) < 4.78 is 22.8. The predicted octanol–water partition coefficient (Wildman–Crippen LogP) is 2.00. The molecule has 1 heterocycles. The SMILES string of the molecule is CN(C)C=Nc1ncc(C(=O)c2ccc(S(C)(=O)=O)cc2)s1. The lowest BCUT2D eigenvalue weighted by atomic mass is 10.1. The number of sulfone groups is 1. The number of aliphatic imine (C=N–C) groups is 1. The highest BCUT2D eigenvalue weighted by molar-refractivity contribution is 7.90. The van der Waals surface area contributed by atoms with Crippen molar-refractivity contribution in [2.24, 2.45) is 4.99 Å². The summed E-state index contributed by atoms with van der Waals surface area (Å²) in [6, 6.07) is 5.85. The van der Waals surface area contributed by atoms with E-state index in [0.717, 1.165) is 6.26 Å². The van der Waals surface area contributed by atoms with Crippen LogP contribution in [0.4, 0.5) is 5.13 Å². The molecule has 22 heavy (non-hydrogen) atoms. The number of ketones is 1. The summed E-state index contributed by atoms with van der Waals surface area (Å²) >= 11 is 1.18. The van der Waals surface area contributed by atoms with Crippen molar-refractivity contribution in [2.45, 2.75) is 4.90 Å². The van der Waals surface area contributed by atoms with Gasteiger partial charge in [0.2, 0.25) is 10.9 Å². The zero-order valence-electron chi connectivity index (χ0n) is 12.3. The Balaban J connectivity index is 2.22. The van der Waals surface area contributed by atoms with Crippen molar-refractivity contribution >= 4 is 38.4 Å². The molecule has 2 aromatic rings. The van der Waals surface area contributed by atoms with Crippen LogP contribution in [0.3, 0.4) is 0 Å². The Kier molecular flexibility index (Phi) is 4.72. The molecule has 0 aliphatic carbocycles. The fraction of sp³-hybridized carbons (Fsp3) is 0.214. The number of rotatable bonds is 5. The van der Waals surface area contributed by atoms with Crippen molar-refractivity contribution in [2.75, 3.05) is 20.4 Å². The molecule has 6 nitrogen and oxygen atoms in total. The van der Waals surface area contributed by atoms with E-state index in [-0.39, 0.29) is 10.7 Å². The molecule has 8 heteroatoms. The third kappa shape index (κ3) is 3.99. The lowest BCUT2D eigenvalue weighted by Crippen LogP contribution is -2.06. The molecule has 0 fully saturated rings. The first kappa shape index (κ1) is 16.3. The second-order valence-electron chi connectivity index (χ2n) is 4.84. The van der Waals surface area contributed by atoms with Crippen LogP contribution in [0.15, 0.2) is 40.4 Å². The van der Waals surface area contributed by atoms with Crippen molar-refractivity contribution in [3.05, 3.63) is 40.9 Å². The Morgan fingerprint density at radius 2 is 1.91 bits per heavy atom. The minimum atomic E-state index is -3.27. The number of thiazole rings is 1. The first-order valence-electron chi connectivity index (χ1n) is 6.28. The predicted molar refractivity (Wildman–Crippen MR) is 86.9 cm³/mol. The summed E-state index contributed by atoms with van der Waals surface area (Å²) in [6.07, 6.45) is 4.20. The van der Waals surface area contributed by atoms with Gasteiger partial charge in [-0.25, -0.2) is 18.4 Å². The molecule has 1 aromatic heterocycles. The highest BCUT2D eigenvalue weighted by Gasteiger charge is 2.14. The van der Waals surface area contributed by atoms with Gasteiger partial charge in [0.15, 0.2) is 9.84 Å². The van der Waals surface area contributed by atoms with E-state index in [4.69, 9.17) is 0 Å². The van der Waals surface area contributed by atoms with Gasteiger partial charge in [-0.3, -0.25) is 4.79 Å². The quantitative estimate of drug-likeness (QED) is 0.474. The molecule has 0 N–H and O–H groups in total. The van der Waals surface area contributed by atoms with E-state index in [2.05, 4.69) is 9.98 Å². The largest absolute Gasteiger partial charge is 0.369 e. The monoisotopic (exact) mass is 337 g/mol. The van der Waals surface area contributed by atoms with Crippen LogP contribution in [-0.2, 0) is 9.84 Å². The number of benzene rings is 1. The maximum absolute atomic E-state index is 12.3. The van der Waals surface area contributed by atoms with Gasteiger partial charge in [-0.2, -0.15) is 0 Å². The molecule has 1 aromatic carbocycles. The number of nitrogens with zero attached hydrogens (tertiary/aromatic N) is 3. The van der Waals surface area contributed by atoms with Gasteiger partial charge in [0, 0.05) is 25.9 Å². The lowest BCUT2D eigenvalue weighted by Gasteiger charge is -2.01. The molecule has 0 atom stereocenters. The third-order valence-electron chi connectivity index (χ3n) is 2.66. The molecule has 116 valence electrons. The van der Waals surface area contributed by atoms with E-state index in [1.54, 1.807) is 11.2 Å². The second kappa shape index (κ2) is 6.37. The van der Waals surface area contributed by atoms with Crippen LogP contribution in [0.2, 0.25) is 0 Å². The van der Waals surface area contributed by atoms with Crippen molar-refractivity contribution < 1.29 is 13.2 Å². The summed E-state index contributed by atoms with van der Waals surface area (Å²) in [5.41, 5.74) is 0.416. The topological polar surface area (TPSA) is 79.7 Å². The zero-order valence-corrected chi connectivity index (χ0v) is 14.0. The van der Waals surface area contributed by atoms with Crippen molar-refractivity contribution in [1.29, 1.82) is 0 Å². The Hall–Kier alpha value is -2.06. The highest BCUT2D eigenvalue weighted by atomic mass is 32.2. The maximum atomic E-state index is 12.3. The molecule has 0 aliphatic heterocycles. The summed E-state index contributed by atoms with van der Waals surface area (Å²) in [6.45, 7) is 0. The van der Waals surface area contributed by atoms with Crippen LogP contribution in [0, 0.1) is 0 Å². The number of hydrogen-bond donors (Lipinski definition) is 0. The molecule has 0 spiro atoms. The van der Waals surface area contributed by atoms with E-state index < -0.39 is 9.84 Å². The molecule has 0 unspecified atom stereocenters. The van der Waals surface area contributed by atoms with E-state index in [1.807, 2.05) is 14.1 Å². The first-order valence-corrected chi connectivity index (χ1v) is 8.99. The molecule has 0 bridgehead atoms. The number of hydrogen-bond acceptors (Lipinski definition) is 6. The fourth-order valence-corrected chi connectivity index (χ4v) is 2.94. The first-order chi connectivity index (χ1) is 10.3. The van der Waals surface area contributed by atoms with Crippen molar-refractivity contribution in [1.82, 2.24) is 9.88 Å². The third-order valence-corrected chi connectivity index (χ3v) is 4.69. The van der Waals surface area contributed by atoms with Gasteiger partial charge < -0.3 is 4.90 Å². The number of carbonyl (C=O) groups excluding carboxylic acids is 1. The molecular weight excluding hydrogens is 322 g/mol. The minimum absolute atomic E-state index is 0.185. The molecule has 0 radical (unpaired) electrons. The van der Waals surface area contributed by atoms with Crippen LogP contribution >= 0.6 is 11.3 Å². The Morgan fingerprint density at radius 3 is 2.45 bits per heavy atom. The Labute approximate surface area is 133 Å². The maximum Gasteiger partial charge on any atom is 0.211 e. The summed E-state index contributed by atoms with van der Waals surface area (Å²) in [7, 11) is 0.413. The van der Waals surface area contributed by atoms with Crippen LogP contribution in [-0.4, -0.2) is 50.8 Å². The van der Waals surface area contributed by atoms with Gasteiger partial charge in [-0.1, -0.05) is 11.3 Å². The number of carbonyl (C=O) groups is 1. The minimum Gasteiger partial charge on any atom is -0.369 e. The number of aromatic nitrogens is 1. The van der Waals surface area contributed by atoms with Gasteiger partial charge in [0.1, 0.15) is 0 Å². The molecular formula is C14H15N3O3S2. The highest BCUT2D eigenvalue weighted by Crippen LogP contribution is 2.23. The molecule has 0 saturated heterocycles. The Morgan fingerprint density at radius 1 is 1.27 bits per heavy atom. The van der Waals surface area contributed by atoms with Crippen LogP contribution in [0.25, 0.3) is 0 Å². The van der Waals surface area contributed by atoms with Crippen LogP contribution in [0.1, 0.15) is 15.2 Å². The van der Waals surface area contributed by atoms with E-state index >= 15 is 0 Å². The van der Waals surface area contributed by atoms with Gasteiger partial charge >= 0.3 is 0 Å². The summed E-state index contributed by atoms with van der Waals surface area (Å²) in [5, 5.41) is 0.491. The fourth-order valence-electron chi connectivity index (χ4n) is 1.59. The van der Waals surface area contributed by atoms with E-state index in [0.29, 0.717) is 15.6 Å². The zero-order chi connectivity index (χ0) is 16.3. The summed E-state index contributed by atoms with van der Waals surface area (Å²) in [5.74, 6) is -0.205. The van der Waals surface area contributed by atoms with Gasteiger partial charge in [0.05, 0.1) is 22.3 Å². The molecule has 0 amide bonds. The van der Waals surface area contributed by atoms with Crippen LogP contribution in [0.5, 0.6) is 0 Å². The molecule has 0 aliphatic rings. The molecule has 2 rings (SSSR count). The second-order valence-corrected chi connectivity index (χ2v) is 7.87. The normalized spacial score (nSPS) is 11.8. The average Bonchev–Trinajstić information content (AvgIpc) is 2.92. The average molecular weight is 337 g/mol. The van der Waals surface area contributed by atoms with E-state index in [1.165, 1.54) is 41.8 Å². The van der Waals surface area contributed by atoms with Crippen molar-refractivity contribution in [3.8, 4) is 0 Å². The Bertz CT molecular complexity index is 806. The van der Waals surface area contributed by atoms with Crippen LogP contribution < -0.4 is 0 Å². The van der Waals surface area contributed by atoms with Gasteiger partial charge in [-0.05, 0) is 24.3 Å². The smallest absolute Gasteiger partial charge is 0.211 e. The van der Waals surface area contributed by atoms with Gasteiger partial charge in [0.25, 0.3) is 0 Å². The molecule has 0 saturated carbocycles. The van der Waals surface area contributed by atoms with Gasteiger partial charge in [-0.15, -0.1) is 0 Å². The van der Waals surface area contributed by atoms with E-state index in [9.17, 15) is 13.2 Å². The standard InChI is InChI=1S/C14H15N3O3S2/c1-17(2)9-16-14-15-8-12(21-14)13(18)10-4-6-11(7-5-10)22(3,19)20/h4-9H,1-3H3. The van der Waals surface area contributed by atoms with Crippen molar-refractivity contribution in [3.63, 3.8) is 0 Å². The summed E-state index contributed by atoms with van der Waals surface area (Å²) in [4.78, 5) is 22.9.